The predicted molar refractivity (Wildman–Crippen MR) is 299 cm³/mol. The van der Waals surface area contributed by atoms with E-state index in [9.17, 15) is 38.4 Å². The van der Waals surface area contributed by atoms with Crippen LogP contribution in [0.1, 0.15) is 139 Å². The third-order valence-corrected chi connectivity index (χ3v) is 14.9. The molecule has 2 aliphatic heterocycles. The Bertz CT molecular complexity index is 2420. The van der Waals surface area contributed by atoms with Crippen LogP contribution >= 0.6 is 35.6 Å². The van der Waals surface area contributed by atoms with Gasteiger partial charge in [-0.15, -0.1) is 12.4 Å². The molecule has 0 unspecified atom stereocenters. The fourth-order valence-corrected chi connectivity index (χ4v) is 9.83. The summed E-state index contributed by atoms with van der Waals surface area (Å²) in [5.41, 5.74) is 6.94. The Kier molecular flexibility index (Phi) is 22.1. The first-order chi connectivity index (χ1) is 35.0. The quantitative estimate of drug-likeness (QED) is 0.0469. The minimum atomic E-state index is -1.01. The first-order valence-corrected chi connectivity index (χ1v) is 26.4. The molecular weight excluding hydrogens is 1030 g/mol. The number of nitrogens with zero attached hydrogens (tertiary/aromatic N) is 2. The number of ketones is 2. The van der Waals surface area contributed by atoms with Gasteiger partial charge < -0.3 is 47.4 Å². The summed E-state index contributed by atoms with van der Waals surface area (Å²) >= 11 is 12.3. The van der Waals surface area contributed by atoms with Gasteiger partial charge in [-0.25, -0.2) is 0 Å². The molecule has 0 spiro atoms. The van der Waals surface area contributed by atoms with Gasteiger partial charge in [0, 0.05) is 52.8 Å². The Balaban J connectivity index is 0.0000125. The summed E-state index contributed by atoms with van der Waals surface area (Å²) in [6.07, 6.45) is 0.0934. The number of hydrogen-bond donors (Lipinski definition) is 7. The van der Waals surface area contributed by atoms with Crippen molar-refractivity contribution in [2.24, 2.45) is 22.7 Å². The molecule has 8 N–H and O–H groups in total. The Hall–Kier alpha value is -5.59. The number of carbonyl (C=O) groups excluding carboxylic acids is 8. The lowest BCUT2D eigenvalue weighted by Gasteiger charge is -2.36. The number of likely N-dealkylation sites (N-methyl/N-ethyl adjacent to an activating group) is 2. The van der Waals surface area contributed by atoms with Crippen molar-refractivity contribution in [3.63, 3.8) is 0 Å². The van der Waals surface area contributed by atoms with Crippen LogP contribution in [0.25, 0.3) is 0 Å². The number of likely N-dealkylation sites (tertiary alicyclic amines) is 2. The Morgan fingerprint density at radius 3 is 1.20 bits per heavy atom. The van der Waals surface area contributed by atoms with E-state index in [-0.39, 0.29) is 91.4 Å². The number of carbonyl (C=O) groups is 8. The van der Waals surface area contributed by atoms with Crippen molar-refractivity contribution in [3.05, 3.63) is 99.0 Å². The zero-order chi connectivity index (χ0) is 55.9. The Labute approximate surface area is 464 Å². The minimum absolute atomic E-state index is 0. The van der Waals surface area contributed by atoms with E-state index in [0.29, 0.717) is 10.0 Å². The van der Waals surface area contributed by atoms with Crippen LogP contribution < -0.4 is 37.6 Å². The molecule has 76 heavy (non-hydrogen) atoms. The molecular formula is C56H78Cl3N9O8. The molecule has 3 aromatic rings. The van der Waals surface area contributed by atoms with Crippen LogP contribution in [0.15, 0.2) is 66.7 Å². The number of amides is 6. The molecule has 0 bridgehead atoms. The highest BCUT2D eigenvalue weighted by Gasteiger charge is 2.47. The zero-order valence-electron chi connectivity index (χ0n) is 45.8. The van der Waals surface area contributed by atoms with Gasteiger partial charge in [0.1, 0.15) is 24.2 Å². The van der Waals surface area contributed by atoms with Crippen LogP contribution in [-0.4, -0.2) is 120 Å². The fraction of sp³-hybridized carbons (Fsp3) is 0.536. The van der Waals surface area contributed by atoms with Gasteiger partial charge in [-0.1, -0.05) is 89.0 Å². The first kappa shape index (κ1) is 62.9. The molecule has 10 atom stereocenters. The van der Waals surface area contributed by atoms with Crippen LogP contribution in [-0.2, 0) is 28.8 Å². The van der Waals surface area contributed by atoms with E-state index in [4.69, 9.17) is 28.9 Å². The van der Waals surface area contributed by atoms with Crippen molar-refractivity contribution in [1.82, 2.24) is 41.7 Å². The maximum atomic E-state index is 14.6. The molecule has 0 aromatic heterocycles. The van der Waals surface area contributed by atoms with E-state index < -0.39 is 94.6 Å². The molecule has 2 heterocycles. The van der Waals surface area contributed by atoms with E-state index in [1.807, 2.05) is 55.4 Å². The second kappa shape index (κ2) is 26.6. The summed E-state index contributed by atoms with van der Waals surface area (Å²) in [7, 11) is 3.27. The molecule has 3 aromatic carbocycles. The van der Waals surface area contributed by atoms with Crippen LogP contribution in [0.2, 0.25) is 10.0 Å². The lowest BCUT2D eigenvalue weighted by molar-refractivity contribution is -0.144. The number of benzene rings is 3. The van der Waals surface area contributed by atoms with Gasteiger partial charge >= 0.3 is 0 Å². The lowest BCUT2D eigenvalue weighted by Crippen LogP contribution is -2.59. The molecule has 0 radical (unpaired) electrons. The highest BCUT2D eigenvalue weighted by molar-refractivity contribution is 6.30. The van der Waals surface area contributed by atoms with E-state index in [0.717, 1.165) is 11.1 Å². The highest BCUT2D eigenvalue weighted by atomic mass is 35.5. The fourth-order valence-electron chi connectivity index (χ4n) is 9.57. The van der Waals surface area contributed by atoms with Crippen molar-refractivity contribution in [2.45, 2.75) is 143 Å². The number of rotatable bonds is 20. The maximum Gasteiger partial charge on any atom is 0.246 e. The van der Waals surface area contributed by atoms with E-state index in [1.165, 1.54) is 28.0 Å². The van der Waals surface area contributed by atoms with E-state index in [2.05, 4.69) is 31.9 Å². The summed E-state index contributed by atoms with van der Waals surface area (Å²) in [4.78, 5) is 116. The number of halogens is 3. The summed E-state index contributed by atoms with van der Waals surface area (Å²) in [5, 5.41) is 18.7. The molecule has 20 heteroatoms. The molecule has 2 fully saturated rings. The third-order valence-electron chi connectivity index (χ3n) is 14.4. The lowest BCUT2D eigenvalue weighted by atomic mass is 9.85. The maximum absolute atomic E-state index is 14.6. The van der Waals surface area contributed by atoms with Gasteiger partial charge in [-0.3, -0.25) is 38.4 Å². The molecule has 0 saturated carbocycles. The van der Waals surface area contributed by atoms with Crippen LogP contribution in [0.4, 0.5) is 5.69 Å². The van der Waals surface area contributed by atoms with Gasteiger partial charge in [-0.05, 0) is 131 Å². The first-order valence-electron chi connectivity index (χ1n) is 25.7. The van der Waals surface area contributed by atoms with E-state index >= 15 is 0 Å². The summed E-state index contributed by atoms with van der Waals surface area (Å²) in [5.74, 6) is -4.27. The SMILES string of the molecule is CN[C@@H](C)C(=O)N[C@H](C(=O)N1C[C@@H](CC(=O)c2cc(N)cc(C(=O)C[C@H]3C[C@@H](C(=O)N[C@H](C)c4ccc(Cl)cc4)N(C(=O)[C@@H](NC(=O)[C@H](C)NC)C(C)(C)C)C3)c2)C[C@H]1C(=O)N[C@H](C)c1ccc(Cl)cc1)C(C)(C)C.Cl. The average Bonchev–Trinajstić information content (AvgIpc) is 3.98. The van der Waals surface area contributed by atoms with Gasteiger partial charge in [-0.2, -0.15) is 0 Å². The third kappa shape index (κ3) is 16.2. The number of hydrogen-bond acceptors (Lipinski definition) is 11. The van der Waals surface area contributed by atoms with Crippen molar-refractivity contribution in [1.29, 1.82) is 0 Å². The van der Waals surface area contributed by atoms with Crippen LogP contribution in [0.3, 0.4) is 0 Å². The molecule has 2 aliphatic rings. The summed E-state index contributed by atoms with van der Waals surface area (Å²) < 4.78 is 0. The zero-order valence-corrected chi connectivity index (χ0v) is 48.1. The van der Waals surface area contributed by atoms with Crippen LogP contribution in [0.5, 0.6) is 0 Å². The van der Waals surface area contributed by atoms with E-state index in [1.54, 1.807) is 76.5 Å². The Morgan fingerprint density at radius 1 is 0.566 bits per heavy atom. The minimum Gasteiger partial charge on any atom is -0.399 e. The smallest absolute Gasteiger partial charge is 0.246 e. The van der Waals surface area contributed by atoms with Gasteiger partial charge in [0.15, 0.2) is 11.6 Å². The Morgan fingerprint density at radius 2 is 0.895 bits per heavy atom. The largest absolute Gasteiger partial charge is 0.399 e. The predicted octanol–water partition coefficient (Wildman–Crippen LogP) is 6.61. The molecule has 6 amide bonds. The molecule has 17 nitrogen and oxygen atoms in total. The average molecular weight is 1110 g/mol. The number of Topliss-reactive ketones (excluding diaryl/α,β-unsaturated/α-hetero) is 2. The second-order valence-corrected chi connectivity index (χ2v) is 23.4. The number of anilines is 1. The molecule has 416 valence electrons. The summed E-state index contributed by atoms with van der Waals surface area (Å²) in [6, 6.07) is 12.4. The normalized spacial score (nSPS) is 20.0. The summed E-state index contributed by atoms with van der Waals surface area (Å²) in [6.45, 7) is 18.0. The van der Waals surface area contributed by atoms with Crippen molar-refractivity contribution < 1.29 is 38.4 Å². The standard InChI is InChI=1S/C56H77Cl2N9O8.ClH/c1-30(36-13-17-40(57)18-14-36)62-51(72)43-21-34(28-66(43)53(74)47(55(5,6)7)64-49(70)32(3)60-11)23-45(68)38-25-39(27-42(59)26-38)46(69)24-35-22-44(52(73)63-31(2)37-15-19-41(58)20-16-37)67(29-35)54(75)48(56(8,9)10)65-50(71)33(4)61-12;/h13-20,25-27,30-35,43-44,47-48,60-61H,21-24,28-29,59H2,1-12H3,(H,62,72)(H,63,73)(H,64,70)(H,65,71);1H/t30-,31-,32+,33+,34-,35-,43+,44+,47-,48-;/m1./s1. The van der Waals surface area contributed by atoms with Crippen LogP contribution in [0, 0.1) is 22.7 Å². The van der Waals surface area contributed by atoms with Crippen molar-refractivity contribution in [3.8, 4) is 0 Å². The number of nitrogens with one attached hydrogen (secondary N) is 6. The van der Waals surface area contributed by atoms with Crippen molar-refractivity contribution in [2.75, 3.05) is 32.9 Å². The molecule has 2 saturated heterocycles. The van der Waals surface area contributed by atoms with Gasteiger partial charge in [0.2, 0.25) is 35.4 Å². The number of nitrogen functional groups attached to an aromatic ring is 1. The highest BCUT2D eigenvalue weighted by Crippen LogP contribution is 2.35. The monoisotopic (exact) mass is 1110 g/mol. The molecule has 0 aliphatic carbocycles. The second-order valence-electron chi connectivity index (χ2n) is 22.5. The van der Waals surface area contributed by atoms with Gasteiger partial charge in [0.05, 0.1) is 24.2 Å². The van der Waals surface area contributed by atoms with Gasteiger partial charge in [0.25, 0.3) is 0 Å². The topological polar surface area (TPSA) is 241 Å². The number of nitrogens with two attached hydrogens (primary N) is 1. The molecule has 5 rings (SSSR count). The van der Waals surface area contributed by atoms with Crippen molar-refractivity contribution >= 4 is 88.3 Å².